The maximum atomic E-state index is 13.1. The molecule has 0 radical (unpaired) electrons. The number of aryl methyl sites for hydroxylation is 1. The fourth-order valence-corrected chi connectivity index (χ4v) is 4.55. The largest absolute Gasteiger partial charge is 0.340 e. The first kappa shape index (κ1) is 21.9. The highest BCUT2D eigenvalue weighted by Crippen LogP contribution is 2.19. The van der Waals surface area contributed by atoms with Crippen LogP contribution in [0, 0.1) is 5.92 Å². The summed E-state index contributed by atoms with van der Waals surface area (Å²) in [6.45, 7) is 9.83. The zero-order chi connectivity index (χ0) is 19.9. The van der Waals surface area contributed by atoms with E-state index in [-0.39, 0.29) is 18.9 Å². The summed E-state index contributed by atoms with van der Waals surface area (Å²) in [7, 11) is -3.60. The molecule has 1 saturated heterocycles. The molecule has 27 heavy (non-hydrogen) atoms. The van der Waals surface area contributed by atoms with Crippen molar-refractivity contribution in [3.8, 4) is 0 Å². The molecule has 1 aromatic carbocycles. The van der Waals surface area contributed by atoms with Gasteiger partial charge < -0.3 is 10.2 Å². The third-order valence-corrected chi connectivity index (χ3v) is 6.88. The maximum absolute atomic E-state index is 13.1. The summed E-state index contributed by atoms with van der Waals surface area (Å²) in [5.41, 5.74) is 1.11. The quantitative estimate of drug-likeness (QED) is 0.695. The lowest BCUT2D eigenvalue weighted by Crippen LogP contribution is -2.47. The Morgan fingerprint density at radius 1 is 1.15 bits per heavy atom. The topological polar surface area (TPSA) is 69.7 Å². The molecule has 0 unspecified atom stereocenters. The molecular weight excluding hydrogens is 362 g/mol. The molecule has 0 saturated carbocycles. The molecule has 1 aliphatic rings. The molecule has 1 N–H and O–H groups in total. The molecule has 1 aromatic rings. The van der Waals surface area contributed by atoms with Crippen LogP contribution in [-0.2, 0) is 21.2 Å². The SMILES string of the molecule is CCc1ccc(S(=O)(=O)N(CCC(=O)N2CCNCC2)CCC(C)C)cc1. The zero-order valence-electron chi connectivity index (χ0n) is 16.8. The Morgan fingerprint density at radius 3 is 2.33 bits per heavy atom. The van der Waals surface area contributed by atoms with Crippen molar-refractivity contribution in [3.63, 3.8) is 0 Å². The minimum Gasteiger partial charge on any atom is -0.340 e. The van der Waals surface area contributed by atoms with Crippen LogP contribution in [0.3, 0.4) is 0 Å². The third-order valence-electron chi connectivity index (χ3n) is 4.97. The molecule has 0 atom stereocenters. The normalized spacial score (nSPS) is 15.5. The van der Waals surface area contributed by atoms with Crippen molar-refractivity contribution < 1.29 is 13.2 Å². The van der Waals surface area contributed by atoms with Crippen molar-refractivity contribution in [2.45, 2.75) is 44.9 Å². The van der Waals surface area contributed by atoms with Gasteiger partial charge in [-0.05, 0) is 36.5 Å². The Hall–Kier alpha value is -1.44. The van der Waals surface area contributed by atoms with Gasteiger partial charge in [0.15, 0.2) is 0 Å². The number of carbonyl (C=O) groups is 1. The number of nitrogens with zero attached hydrogens (tertiary/aromatic N) is 2. The van der Waals surface area contributed by atoms with Crippen LogP contribution in [0.2, 0.25) is 0 Å². The molecule has 0 bridgehead atoms. The van der Waals surface area contributed by atoms with Gasteiger partial charge in [-0.1, -0.05) is 32.9 Å². The Bertz CT molecular complexity index is 696. The average Bonchev–Trinajstić information content (AvgIpc) is 2.68. The van der Waals surface area contributed by atoms with E-state index in [2.05, 4.69) is 19.2 Å². The number of hydrogen-bond acceptors (Lipinski definition) is 4. The summed E-state index contributed by atoms with van der Waals surface area (Å²) >= 11 is 0. The van der Waals surface area contributed by atoms with E-state index in [4.69, 9.17) is 0 Å². The summed E-state index contributed by atoms with van der Waals surface area (Å²) in [6.07, 6.45) is 1.87. The summed E-state index contributed by atoms with van der Waals surface area (Å²) < 4.78 is 27.7. The van der Waals surface area contributed by atoms with Gasteiger partial charge in [-0.3, -0.25) is 4.79 Å². The highest BCUT2D eigenvalue weighted by Gasteiger charge is 2.26. The first-order valence-corrected chi connectivity index (χ1v) is 11.4. The van der Waals surface area contributed by atoms with Crippen LogP contribution in [0.25, 0.3) is 0 Å². The van der Waals surface area contributed by atoms with Crippen molar-refractivity contribution in [1.29, 1.82) is 0 Å². The van der Waals surface area contributed by atoms with E-state index in [9.17, 15) is 13.2 Å². The van der Waals surface area contributed by atoms with E-state index < -0.39 is 10.0 Å². The van der Waals surface area contributed by atoms with Crippen LogP contribution in [-0.4, -0.2) is 62.8 Å². The predicted molar refractivity (Wildman–Crippen MR) is 108 cm³/mol. The van der Waals surface area contributed by atoms with E-state index in [1.54, 1.807) is 12.1 Å². The molecule has 1 aliphatic heterocycles. The van der Waals surface area contributed by atoms with Gasteiger partial charge in [-0.2, -0.15) is 4.31 Å². The lowest BCUT2D eigenvalue weighted by molar-refractivity contribution is -0.131. The Labute approximate surface area is 164 Å². The van der Waals surface area contributed by atoms with E-state index in [1.807, 2.05) is 24.0 Å². The molecule has 152 valence electrons. The first-order valence-electron chi connectivity index (χ1n) is 9.92. The standard InChI is InChI=1S/C20H33N3O3S/c1-4-18-5-7-19(8-6-18)27(25,26)23(13-9-17(2)3)14-10-20(24)22-15-11-21-12-16-22/h5-8,17,21H,4,9-16H2,1-3H3. The molecule has 0 aliphatic carbocycles. The number of amides is 1. The minimum absolute atomic E-state index is 0.0302. The Morgan fingerprint density at radius 2 is 1.78 bits per heavy atom. The minimum atomic E-state index is -3.60. The van der Waals surface area contributed by atoms with Gasteiger partial charge in [0.05, 0.1) is 4.90 Å². The highest BCUT2D eigenvalue weighted by molar-refractivity contribution is 7.89. The number of carbonyl (C=O) groups excluding carboxylic acids is 1. The molecule has 6 nitrogen and oxygen atoms in total. The molecule has 1 heterocycles. The van der Waals surface area contributed by atoms with Crippen LogP contribution in [0.1, 0.15) is 39.2 Å². The van der Waals surface area contributed by atoms with Crippen molar-refractivity contribution in [2.75, 3.05) is 39.3 Å². The second-order valence-electron chi connectivity index (χ2n) is 7.46. The van der Waals surface area contributed by atoms with E-state index in [0.717, 1.165) is 31.5 Å². The molecule has 1 amide bonds. The highest BCUT2D eigenvalue weighted by atomic mass is 32.2. The molecule has 0 aromatic heterocycles. The van der Waals surface area contributed by atoms with Gasteiger partial charge in [0.2, 0.25) is 15.9 Å². The Kier molecular flexibility index (Phi) is 8.26. The molecule has 2 rings (SSSR count). The molecule has 7 heteroatoms. The van der Waals surface area contributed by atoms with E-state index in [1.165, 1.54) is 4.31 Å². The zero-order valence-corrected chi connectivity index (χ0v) is 17.6. The number of benzene rings is 1. The van der Waals surface area contributed by atoms with Crippen LogP contribution < -0.4 is 5.32 Å². The number of hydrogen-bond donors (Lipinski definition) is 1. The van der Waals surface area contributed by atoms with E-state index in [0.29, 0.717) is 30.4 Å². The number of rotatable bonds is 9. The maximum Gasteiger partial charge on any atom is 0.243 e. The summed E-state index contributed by atoms with van der Waals surface area (Å²) in [4.78, 5) is 14.6. The van der Waals surface area contributed by atoms with Gasteiger partial charge in [-0.15, -0.1) is 0 Å². The third kappa shape index (κ3) is 6.30. The van der Waals surface area contributed by atoms with Crippen molar-refractivity contribution in [3.05, 3.63) is 29.8 Å². The number of sulfonamides is 1. The van der Waals surface area contributed by atoms with Gasteiger partial charge in [0.25, 0.3) is 0 Å². The van der Waals surface area contributed by atoms with Crippen molar-refractivity contribution in [1.82, 2.24) is 14.5 Å². The lowest BCUT2D eigenvalue weighted by Gasteiger charge is -2.29. The second-order valence-corrected chi connectivity index (χ2v) is 9.40. The first-order chi connectivity index (χ1) is 12.8. The lowest BCUT2D eigenvalue weighted by atomic mass is 10.1. The smallest absolute Gasteiger partial charge is 0.243 e. The van der Waals surface area contributed by atoms with Crippen LogP contribution in [0.15, 0.2) is 29.2 Å². The second kappa shape index (κ2) is 10.2. The van der Waals surface area contributed by atoms with Crippen LogP contribution in [0.5, 0.6) is 0 Å². The molecular formula is C20H33N3O3S. The van der Waals surface area contributed by atoms with Crippen molar-refractivity contribution >= 4 is 15.9 Å². The van der Waals surface area contributed by atoms with Gasteiger partial charge in [0.1, 0.15) is 0 Å². The Balaban J connectivity index is 2.10. The fraction of sp³-hybridized carbons (Fsp3) is 0.650. The van der Waals surface area contributed by atoms with Crippen LogP contribution >= 0.6 is 0 Å². The van der Waals surface area contributed by atoms with Gasteiger partial charge >= 0.3 is 0 Å². The van der Waals surface area contributed by atoms with E-state index >= 15 is 0 Å². The fourth-order valence-electron chi connectivity index (χ4n) is 3.09. The molecule has 0 spiro atoms. The summed E-state index contributed by atoms with van der Waals surface area (Å²) in [5, 5.41) is 3.22. The summed E-state index contributed by atoms with van der Waals surface area (Å²) in [5.74, 6) is 0.427. The van der Waals surface area contributed by atoms with Crippen LogP contribution in [0.4, 0.5) is 0 Å². The molecule has 1 fully saturated rings. The van der Waals surface area contributed by atoms with Gasteiger partial charge in [0, 0.05) is 45.7 Å². The monoisotopic (exact) mass is 395 g/mol. The summed E-state index contributed by atoms with van der Waals surface area (Å²) in [6, 6.07) is 7.07. The van der Waals surface area contributed by atoms with Gasteiger partial charge in [-0.25, -0.2) is 8.42 Å². The van der Waals surface area contributed by atoms with Crippen molar-refractivity contribution in [2.24, 2.45) is 5.92 Å². The number of nitrogens with one attached hydrogen (secondary N) is 1. The number of piperazine rings is 1. The predicted octanol–water partition coefficient (Wildman–Crippen LogP) is 2.11. The average molecular weight is 396 g/mol.